The summed E-state index contributed by atoms with van der Waals surface area (Å²) in [6.45, 7) is 15.5. The Kier molecular flexibility index (Phi) is 8.60. The van der Waals surface area contributed by atoms with E-state index in [1.54, 1.807) is 10.9 Å². The van der Waals surface area contributed by atoms with Crippen molar-refractivity contribution < 1.29 is 23.6 Å². The number of nitrogens with zero attached hydrogens (tertiary/aromatic N) is 3. The van der Waals surface area contributed by atoms with Crippen molar-refractivity contribution in [2.75, 3.05) is 13.7 Å². The van der Waals surface area contributed by atoms with Crippen molar-refractivity contribution in [2.45, 2.75) is 72.3 Å². The van der Waals surface area contributed by atoms with Crippen LogP contribution in [0.2, 0.25) is 25.7 Å². The van der Waals surface area contributed by atoms with E-state index < -0.39 is 21.2 Å². The van der Waals surface area contributed by atoms with E-state index in [0.29, 0.717) is 23.1 Å². The lowest BCUT2D eigenvalue weighted by Gasteiger charge is -2.19. The van der Waals surface area contributed by atoms with Gasteiger partial charge in [-0.25, -0.2) is 14.5 Å². The van der Waals surface area contributed by atoms with E-state index in [9.17, 15) is 4.79 Å². The molecular weight excluding hydrogens is 401 g/mol. The van der Waals surface area contributed by atoms with Gasteiger partial charge in [-0.05, 0) is 39.8 Å². The molecule has 166 valence electrons. The Morgan fingerprint density at radius 3 is 2.33 bits per heavy atom. The van der Waals surface area contributed by atoms with Gasteiger partial charge in [-0.2, -0.15) is 5.10 Å². The maximum Gasteiger partial charge on any atom is 0.495 e. The highest BCUT2D eigenvalue weighted by atomic mass is 28.3. The number of methoxy groups -OCH3 is 1. The van der Waals surface area contributed by atoms with Gasteiger partial charge in [0.15, 0.2) is 11.3 Å². The Morgan fingerprint density at radius 2 is 1.80 bits per heavy atom. The summed E-state index contributed by atoms with van der Waals surface area (Å²) in [5.74, 6) is -0.522. The maximum absolute atomic E-state index is 12.3. The molecular formula is C20H34BN3O5Si. The standard InChI is InChI=1S/C20H34BN3O5Si/c1-14(2)28-21(29-15(3)4)16-11-17-18(20(25)26-5)23-24(19(17)22-12-16)13-27-9-10-30(6,7)8/h11-12,14-15H,9-10,13H2,1-8H3. The van der Waals surface area contributed by atoms with Crippen LogP contribution in [0.15, 0.2) is 12.3 Å². The number of pyridine rings is 1. The van der Waals surface area contributed by atoms with Crippen LogP contribution in [0.3, 0.4) is 0 Å². The molecule has 0 aromatic carbocycles. The van der Waals surface area contributed by atoms with Crippen molar-refractivity contribution in [2.24, 2.45) is 0 Å². The van der Waals surface area contributed by atoms with Gasteiger partial charge in [0.25, 0.3) is 0 Å². The van der Waals surface area contributed by atoms with Gasteiger partial charge < -0.3 is 18.8 Å². The first-order valence-electron chi connectivity index (χ1n) is 10.3. The van der Waals surface area contributed by atoms with Crippen LogP contribution in [0.25, 0.3) is 11.0 Å². The second kappa shape index (κ2) is 10.5. The molecule has 0 aliphatic carbocycles. The molecule has 0 amide bonds. The Balaban J connectivity index is 2.36. The molecule has 0 N–H and O–H groups in total. The van der Waals surface area contributed by atoms with Crippen molar-refractivity contribution in [1.29, 1.82) is 0 Å². The lowest BCUT2D eigenvalue weighted by atomic mass is 9.79. The minimum Gasteiger partial charge on any atom is -0.464 e. The molecule has 2 rings (SSSR count). The van der Waals surface area contributed by atoms with Crippen LogP contribution in [0.1, 0.15) is 38.2 Å². The molecule has 0 aliphatic heterocycles. The Labute approximate surface area is 180 Å². The van der Waals surface area contributed by atoms with E-state index in [0.717, 1.165) is 6.04 Å². The predicted octanol–water partition coefficient (Wildman–Crippen LogP) is 3.08. The zero-order valence-corrected chi connectivity index (χ0v) is 20.4. The molecule has 10 heteroatoms. The summed E-state index contributed by atoms with van der Waals surface area (Å²) in [5.41, 5.74) is 1.47. The Morgan fingerprint density at radius 1 is 1.17 bits per heavy atom. The summed E-state index contributed by atoms with van der Waals surface area (Å²) in [5, 5.41) is 4.98. The Hall–Kier alpha value is -1.75. The highest BCUT2D eigenvalue weighted by Gasteiger charge is 2.27. The van der Waals surface area contributed by atoms with Crippen LogP contribution in [0.5, 0.6) is 0 Å². The zero-order valence-electron chi connectivity index (χ0n) is 19.4. The SMILES string of the molecule is COC(=O)c1nn(COCC[Si](C)(C)C)c2ncc(B(OC(C)C)OC(C)C)cc12. The maximum atomic E-state index is 12.3. The molecule has 2 aromatic heterocycles. The molecule has 0 bridgehead atoms. The molecule has 0 spiro atoms. The molecule has 8 nitrogen and oxygen atoms in total. The van der Waals surface area contributed by atoms with E-state index in [1.165, 1.54) is 7.11 Å². The number of hydrogen-bond acceptors (Lipinski definition) is 7. The molecule has 0 aliphatic rings. The van der Waals surface area contributed by atoms with Crippen LogP contribution in [-0.4, -0.2) is 61.9 Å². The lowest BCUT2D eigenvalue weighted by Crippen LogP contribution is -2.41. The molecule has 0 saturated heterocycles. The first kappa shape index (κ1) is 24.5. The molecule has 2 aromatic rings. The summed E-state index contributed by atoms with van der Waals surface area (Å²) in [4.78, 5) is 16.9. The van der Waals surface area contributed by atoms with Gasteiger partial charge in [0, 0.05) is 38.5 Å². The van der Waals surface area contributed by atoms with Gasteiger partial charge in [0.05, 0.1) is 12.5 Å². The molecule has 0 atom stereocenters. The summed E-state index contributed by atoms with van der Waals surface area (Å²) in [7, 11) is -0.446. The third-order valence-electron chi connectivity index (χ3n) is 4.26. The summed E-state index contributed by atoms with van der Waals surface area (Å²) >= 11 is 0. The minimum absolute atomic E-state index is 0.0352. The normalized spacial score (nSPS) is 12.2. The lowest BCUT2D eigenvalue weighted by molar-refractivity contribution is 0.0585. The van der Waals surface area contributed by atoms with Gasteiger partial charge in [-0.15, -0.1) is 0 Å². The number of fused-ring (bicyclic) bond motifs is 1. The van der Waals surface area contributed by atoms with Crippen LogP contribution in [0, 0.1) is 0 Å². The highest BCUT2D eigenvalue weighted by molar-refractivity contribution is 6.76. The third kappa shape index (κ3) is 6.90. The number of carbonyl (C=O) groups is 1. The van der Waals surface area contributed by atoms with E-state index in [2.05, 4.69) is 29.7 Å². The van der Waals surface area contributed by atoms with Gasteiger partial charge in [-0.3, -0.25) is 0 Å². The second-order valence-electron chi connectivity index (χ2n) is 9.03. The largest absolute Gasteiger partial charge is 0.495 e. The predicted molar refractivity (Wildman–Crippen MR) is 121 cm³/mol. The summed E-state index contributed by atoms with van der Waals surface area (Å²) in [6, 6.07) is 2.88. The molecule has 0 unspecified atom stereocenters. The first-order valence-corrected chi connectivity index (χ1v) is 14.1. The molecule has 0 radical (unpaired) electrons. The van der Waals surface area contributed by atoms with E-state index in [-0.39, 0.29) is 24.6 Å². The monoisotopic (exact) mass is 435 g/mol. The third-order valence-corrected chi connectivity index (χ3v) is 5.96. The minimum atomic E-state index is -1.19. The van der Waals surface area contributed by atoms with Crippen LogP contribution >= 0.6 is 0 Å². The summed E-state index contributed by atoms with van der Waals surface area (Å²) < 4.78 is 24.1. The summed E-state index contributed by atoms with van der Waals surface area (Å²) in [6.07, 6.45) is 1.62. The smallest absolute Gasteiger partial charge is 0.464 e. The number of aromatic nitrogens is 3. The molecule has 2 heterocycles. The number of rotatable bonds is 11. The van der Waals surface area contributed by atoms with Crippen molar-refractivity contribution >= 4 is 37.7 Å². The first-order chi connectivity index (χ1) is 14.0. The number of hydrogen-bond donors (Lipinski definition) is 0. The van der Waals surface area contributed by atoms with E-state index >= 15 is 0 Å². The van der Waals surface area contributed by atoms with Crippen molar-refractivity contribution in [3.05, 3.63) is 18.0 Å². The van der Waals surface area contributed by atoms with Gasteiger partial charge >= 0.3 is 13.1 Å². The van der Waals surface area contributed by atoms with Crippen molar-refractivity contribution in [1.82, 2.24) is 14.8 Å². The van der Waals surface area contributed by atoms with Crippen LogP contribution < -0.4 is 5.46 Å². The van der Waals surface area contributed by atoms with Crippen molar-refractivity contribution in [3.8, 4) is 0 Å². The van der Waals surface area contributed by atoms with Crippen molar-refractivity contribution in [3.63, 3.8) is 0 Å². The highest BCUT2D eigenvalue weighted by Crippen LogP contribution is 2.18. The Bertz CT molecular complexity index is 841. The molecule has 30 heavy (non-hydrogen) atoms. The van der Waals surface area contributed by atoms with Crippen LogP contribution in [-0.2, 0) is 25.5 Å². The number of esters is 1. The zero-order chi connectivity index (χ0) is 22.5. The second-order valence-corrected chi connectivity index (χ2v) is 14.7. The van der Waals surface area contributed by atoms with Gasteiger partial charge in [0.2, 0.25) is 0 Å². The fraction of sp³-hybridized carbons (Fsp3) is 0.650. The van der Waals surface area contributed by atoms with E-state index in [4.69, 9.17) is 18.8 Å². The van der Waals surface area contributed by atoms with E-state index in [1.807, 2.05) is 33.8 Å². The number of carbonyl (C=O) groups excluding carboxylic acids is 1. The topological polar surface area (TPSA) is 84.7 Å². The average Bonchev–Trinajstić information content (AvgIpc) is 3.00. The molecule has 0 saturated carbocycles. The average molecular weight is 435 g/mol. The fourth-order valence-corrected chi connectivity index (χ4v) is 3.51. The molecule has 0 fully saturated rings. The van der Waals surface area contributed by atoms with Crippen LogP contribution in [0.4, 0.5) is 0 Å². The quantitative estimate of drug-likeness (QED) is 0.305. The fourth-order valence-electron chi connectivity index (χ4n) is 2.75. The van der Waals surface area contributed by atoms with Gasteiger partial charge in [-0.1, -0.05) is 19.6 Å². The number of ether oxygens (including phenoxy) is 2. The van der Waals surface area contributed by atoms with Gasteiger partial charge in [0.1, 0.15) is 6.73 Å².